The number of ether oxygens (including phenoxy) is 3. The molecule has 0 aromatic heterocycles. The molecular weight excluding hydrogens is 456 g/mol. The van der Waals surface area contributed by atoms with Crippen LogP contribution in [0, 0.1) is 51.8 Å². The summed E-state index contributed by atoms with van der Waals surface area (Å²) in [5.74, 6) is 3.72. The normalized spacial score (nSPS) is 43.8. The molecule has 5 aliphatic rings. The van der Waals surface area contributed by atoms with Crippen molar-refractivity contribution in [2.75, 3.05) is 33.5 Å². The van der Waals surface area contributed by atoms with Gasteiger partial charge in [0.2, 0.25) is 0 Å². The van der Waals surface area contributed by atoms with Gasteiger partial charge in [0.25, 0.3) is 0 Å². The van der Waals surface area contributed by atoms with Crippen LogP contribution >= 0.6 is 0 Å². The average Bonchev–Trinajstić information content (AvgIpc) is 3.25. The highest BCUT2D eigenvalue weighted by Crippen LogP contribution is 2.69. The van der Waals surface area contributed by atoms with Gasteiger partial charge in [0.1, 0.15) is 0 Å². The molecule has 1 spiro atoms. The summed E-state index contributed by atoms with van der Waals surface area (Å²) in [4.78, 5) is 11.8. The predicted octanol–water partition coefficient (Wildman–Crippen LogP) is 4.95. The number of rotatable bonds is 6. The van der Waals surface area contributed by atoms with Crippen molar-refractivity contribution in [3.63, 3.8) is 0 Å². The Kier molecular flexibility index (Phi) is 7.33. The fourth-order valence-corrected chi connectivity index (χ4v) is 9.97. The first-order valence-corrected chi connectivity index (χ1v) is 14.7. The number of carbonyl (C=O) groups excluding carboxylic acids is 1. The SMILES string of the molecule is COC(=O)CC[C@@H](C)[C@H]1CC[C@H]2[C@@H]3CC[C@@H]4CC5(CC[C@]4(C)[C@H]3CC[C@]12C)OCC(CO)(CO)CO5. The molecule has 8 atom stereocenters. The van der Waals surface area contributed by atoms with Crippen LogP contribution in [0.15, 0.2) is 0 Å². The number of fused-ring (bicyclic) bond motifs is 5. The third kappa shape index (κ3) is 4.26. The van der Waals surface area contributed by atoms with E-state index in [9.17, 15) is 15.0 Å². The van der Waals surface area contributed by atoms with Crippen LogP contribution in [0.4, 0.5) is 0 Å². The molecule has 1 saturated heterocycles. The second-order valence-corrected chi connectivity index (χ2v) is 14.0. The Morgan fingerprint density at radius 3 is 2.31 bits per heavy atom. The van der Waals surface area contributed by atoms with Crippen LogP contribution in [0.2, 0.25) is 0 Å². The van der Waals surface area contributed by atoms with Gasteiger partial charge in [0, 0.05) is 19.3 Å². The first kappa shape index (κ1) is 26.9. The lowest BCUT2D eigenvalue weighted by Crippen LogP contribution is -2.60. The summed E-state index contributed by atoms with van der Waals surface area (Å²) in [6.07, 6.45) is 12.4. The van der Waals surface area contributed by atoms with Crippen LogP contribution in [0.3, 0.4) is 0 Å². The summed E-state index contributed by atoms with van der Waals surface area (Å²) < 4.78 is 17.6. The molecular formula is C30H50O6. The van der Waals surface area contributed by atoms with Gasteiger partial charge in [-0.3, -0.25) is 4.79 Å². The number of hydrogen-bond acceptors (Lipinski definition) is 6. The van der Waals surface area contributed by atoms with Crippen molar-refractivity contribution in [3.05, 3.63) is 0 Å². The topological polar surface area (TPSA) is 85.2 Å². The molecule has 5 fully saturated rings. The van der Waals surface area contributed by atoms with Crippen molar-refractivity contribution in [2.24, 2.45) is 51.8 Å². The van der Waals surface area contributed by atoms with Crippen LogP contribution < -0.4 is 0 Å². The summed E-state index contributed by atoms with van der Waals surface area (Å²) >= 11 is 0. The molecule has 1 aliphatic heterocycles. The van der Waals surface area contributed by atoms with Crippen LogP contribution in [0.1, 0.15) is 91.4 Å². The van der Waals surface area contributed by atoms with Gasteiger partial charge in [-0.15, -0.1) is 0 Å². The number of methoxy groups -OCH3 is 1. The maximum atomic E-state index is 11.8. The number of esters is 1. The molecule has 4 saturated carbocycles. The first-order chi connectivity index (χ1) is 17.1. The minimum Gasteiger partial charge on any atom is -0.469 e. The maximum absolute atomic E-state index is 11.8. The van der Waals surface area contributed by atoms with E-state index in [-0.39, 0.29) is 19.2 Å². The van der Waals surface area contributed by atoms with E-state index in [1.54, 1.807) is 0 Å². The molecule has 0 bridgehead atoms. The average molecular weight is 507 g/mol. The molecule has 206 valence electrons. The largest absolute Gasteiger partial charge is 0.469 e. The van der Waals surface area contributed by atoms with Gasteiger partial charge < -0.3 is 24.4 Å². The fraction of sp³-hybridized carbons (Fsp3) is 0.967. The van der Waals surface area contributed by atoms with Gasteiger partial charge >= 0.3 is 5.97 Å². The lowest BCUT2D eigenvalue weighted by Gasteiger charge is -2.63. The van der Waals surface area contributed by atoms with Gasteiger partial charge in [-0.05, 0) is 97.7 Å². The zero-order valence-corrected chi connectivity index (χ0v) is 23.1. The van der Waals surface area contributed by atoms with Crippen LogP contribution in [-0.4, -0.2) is 55.5 Å². The highest BCUT2D eigenvalue weighted by Gasteiger charge is 2.62. The molecule has 0 amide bonds. The van der Waals surface area contributed by atoms with Gasteiger partial charge in [0.15, 0.2) is 5.79 Å². The number of aliphatic hydroxyl groups excluding tert-OH is 2. The van der Waals surface area contributed by atoms with E-state index in [1.807, 2.05) is 0 Å². The van der Waals surface area contributed by atoms with Crippen LogP contribution in [0.25, 0.3) is 0 Å². The molecule has 6 heteroatoms. The number of aliphatic hydroxyl groups is 2. The minimum atomic E-state index is -0.662. The molecule has 0 aromatic rings. The Hall–Kier alpha value is -0.690. The van der Waals surface area contributed by atoms with Crippen molar-refractivity contribution >= 4 is 5.97 Å². The minimum absolute atomic E-state index is 0.0732. The van der Waals surface area contributed by atoms with Gasteiger partial charge in [-0.25, -0.2) is 0 Å². The number of hydrogen-bond donors (Lipinski definition) is 2. The molecule has 0 unspecified atom stereocenters. The molecule has 5 rings (SSSR count). The summed E-state index contributed by atoms with van der Waals surface area (Å²) in [5, 5.41) is 19.5. The third-order valence-corrected chi connectivity index (χ3v) is 12.4. The molecule has 6 nitrogen and oxygen atoms in total. The Bertz CT molecular complexity index is 799. The lowest BCUT2D eigenvalue weighted by atomic mass is 9.44. The molecule has 0 radical (unpaired) electrons. The summed E-state index contributed by atoms with van der Waals surface area (Å²) in [6.45, 7) is 8.09. The van der Waals surface area contributed by atoms with E-state index in [0.717, 1.165) is 49.4 Å². The second-order valence-electron chi connectivity index (χ2n) is 14.0. The molecule has 36 heavy (non-hydrogen) atoms. The van der Waals surface area contributed by atoms with Crippen molar-refractivity contribution in [3.8, 4) is 0 Å². The zero-order chi connectivity index (χ0) is 25.8. The lowest BCUT2D eigenvalue weighted by molar-refractivity contribution is -0.340. The predicted molar refractivity (Wildman–Crippen MR) is 137 cm³/mol. The Morgan fingerprint density at radius 2 is 1.64 bits per heavy atom. The van der Waals surface area contributed by atoms with E-state index in [4.69, 9.17) is 14.2 Å². The molecule has 4 aliphatic carbocycles. The standard InChI is InChI=1S/C30H50O6/c1-20(5-10-26(33)34-4)23-8-9-24-22-7-6-21-15-30(35-18-29(16-31,17-32)19-36-30)14-13-27(21,2)25(22)11-12-28(23,24)3/h20-25,31-32H,5-19H2,1-4H3/t20-,21-,22+,23-,24+,25+,27+,28-/m1/s1. The Balaban J connectivity index is 1.26. The highest BCUT2D eigenvalue weighted by molar-refractivity contribution is 5.69. The van der Waals surface area contributed by atoms with Gasteiger partial charge in [-0.1, -0.05) is 20.8 Å². The quantitative estimate of drug-likeness (QED) is 0.496. The highest BCUT2D eigenvalue weighted by atomic mass is 16.7. The van der Waals surface area contributed by atoms with Crippen molar-refractivity contribution in [1.29, 1.82) is 0 Å². The smallest absolute Gasteiger partial charge is 0.305 e. The van der Waals surface area contributed by atoms with Crippen molar-refractivity contribution < 1.29 is 29.2 Å². The molecule has 1 heterocycles. The summed E-state index contributed by atoms with van der Waals surface area (Å²) in [5.41, 5.74) is 0.0904. The molecule has 0 aromatic carbocycles. The second kappa shape index (κ2) is 9.81. The third-order valence-electron chi connectivity index (χ3n) is 12.4. The maximum Gasteiger partial charge on any atom is 0.305 e. The first-order valence-electron chi connectivity index (χ1n) is 14.7. The Morgan fingerprint density at radius 1 is 0.944 bits per heavy atom. The van der Waals surface area contributed by atoms with E-state index in [1.165, 1.54) is 45.6 Å². The van der Waals surface area contributed by atoms with Crippen molar-refractivity contribution in [2.45, 2.75) is 97.2 Å². The summed E-state index contributed by atoms with van der Waals surface area (Å²) in [7, 11) is 1.50. The number of carbonyl (C=O) groups is 1. The fourth-order valence-electron chi connectivity index (χ4n) is 9.97. The van der Waals surface area contributed by atoms with E-state index >= 15 is 0 Å². The van der Waals surface area contributed by atoms with E-state index in [2.05, 4.69) is 20.8 Å². The van der Waals surface area contributed by atoms with Crippen LogP contribution in [-0.2, 0) is 19.0 Å². The zero-order valence-electron chi connectivity index (χ0n) is 23.1. The van der Waals surface area contributed by atoms with E-state index < -0.39 is 11.2 Å². The van der Waals surface area contributed by atoms with Gasteiger partial charge in [0.05, 0.1) is 39.0 Å². The van der Waals surface area contributed by atoms with Crippen molar-refractivity contribution in [1.82, 2.24) is 0 Å². The monoisotopic (exact) mass is 506 g/mol. The van der Waals surface area contributed by atoms with E-state index in [0.29, 0.717) is 42.3 Å². The van der Waals surface area contributed by atoms with Crippen LogP contribution in [0.5, 0.6) is 0 Å². The Labute approximate surface area is 217 Å². The van der Waals surface area contributed by atoms with Gasteiger partial charge in [-0.2, -0.15) is 0 Å². The molecule has 2 N–H and O–H groups in total. The summed E-state index contributed by atoms with van der Waals surface area (Å²) in [6, 6.07) is 0.